The maximum Gasteiger partial charge on any atom is 0.127 e. The SMILES string of the molecule is CCCCCCCCCCOc1cc(/C=C(\c2ccccc2)c2ccc(C)cc2)c(OCCCCCCCCCC)cc1/C=C(\c1ccccc1)c1ccc(C)cc1. The van der Waals surface area contributed by atoms with Crippen LogP contribution in [0, 0.1) is 13.8 Å². The molecule has 0 aliphatic rings. The molecular weight excluding hydrogens is 705 g/mol. The minimum Gasteiger partial charge on any atom is -0.493 e. The van der Waals surface area contributed by atoms with Crippen molar-refractivity contribution in [2.24, 2.45) is 0 Å². The summed E-state index contributed by atoms with van der Waals surface area (Å²) in [6, 6.07) is 43.7. The Morgan fingerprint density at radius 3 is 1.03 bits per heavy atom. The molecule has 0 radical (unpaired) electrons. The van der Waals surface area contributed by atoms with Crippen LogP contribution in [0.5, 0.6) is 11.5 Å². The van der Waals surface area contributed by atoms with Gasteiger partial charge in [0.15, 0.2) is 0 Å². The highest BCUT2D eigenvalue weighted by atomic mass is 16.5. The molecule has 0 bridgehead atoms. The zero-order chi connectivity index (χ0) is 40.6. The first-order valence-corrected chi connectivity index (χ1v) is 22.7. The second-order valence-electron chi connectivity index (χ2n) is 16.2. The van der Waals surface area contributed by atoms with Crippen LogP contribution >= 0.6 is 0 Å². The van der Waals surface area contributed by atoms with E-state index in [4.69, 9.17) is 9.47 Å². The molecule has 0 atom stereocenters. The number of aryl methyl sites for hydroxylation is 2. The molecule has 0 fully saturated rings. The molecule has 0 heterocycles. The minimum absolute atomic E-state index is 0.687. The molecule has 0 saturated heterocycles. The number of rotatable bonds is 26. The topological polar surface area (TPSA) is 18.5 Å². The maximum absolute atomic E-state index is 6.85. The number of unbranched alkanes of at least 4 members (excludes halogenated alkanes) is 14. The molecule has 0 aliphatic heterocycles. The van der Waals surface area contributed by atoms with Gasteiger partial charge in [-0.3, -0.25) is 0 Å². The third-order valence-electron chi connectivity index (χ3n) is 11.1. The molecule has 306 valence electrons. The number of benzene rings is 5. The van der Waals surface area contributed by atoms with Gasteiger partial charge in [0, 0.05) is 11.1 Å². The Morgan fingerprint density at radius 1 is 0.379 bits per heavy atom. The van der Waals surface area contributed by atoms with E-state index in [0.29, 0.717) is 13.2 Å². The second kappa shape index (κ2) is 25.5. The molecule has 0 N–H and O–H groups in total. The van der Waals surface area contributed by atoms with Gasteiger partial charge in [-0.1, -0.05) is 224 Å². The fourth-order valence-corrected chi connectivity index (χ4v) is 7.58. The summed E-state index contributed by atoms with van der Waals surface area (Å²) in [4.78, 5) is 0. The lowest BCUT2D eigenvalue weighted by molar-refractivity contribution is 0.295. The first kappa shape index (κ1) is 44.3. The van der Waals surface area contributed by atoms with Crippen molar-refractivity contribution < 1.29 is 9.47 Å². The number of ether oxygens (including phenoxy) is 2. The quantitative estimate of drug-likeness (QED) is 0.0411. The van der Waals surface area contributed by atoms with Gasteiger partial charge in [-0.2, -0.15) is 0 Å². The summed E-state index contributed by atoms with van der Waals surface area (Å²) in [6.07, 6.45) is 24.9. The van der Waals surface area contributed by atoms with Crippen molar-refractivity contribution in [3.63, 3.8) is 0 Å². The fourth-order valence-electron chi connectivity index (χ4n) is 7.58. The van der Waals surface area contributed by atoms with Crippen LogP contribution in [0.4, 0.5) is 0 Å². The molecule has 0 spiro atoms. The molecule has 58 heavy (non-hydrogen) atoms. The van der Waals surface area contributed by atoms with E-state index in [1.54, 1.807) is 0 Å². The number of hydrogen-bond donors (Lipinski definition) is 0. The van der Waals surface area contributed by atoms with E-state index in [2.05, 4.69) is 161 Å². The standard InChI is InChI=1S/C56H70O2/c1-5-7-9-11-13-15-17-25-39-57-55-43-52(42-54(48-29-23-20-24-30-48)50-37-33-46(4)34-38-50)56(58-40-26-18-16-14-12-10-8-6-2)44-51(55)41-53(47-27-21-19-22-28-47)49-35-31-45(3)32-36-49/h19-24,27-38,41-44H,5-18,25-26,39-40H2,1-4H3/b53-41+,54-42+. The van der Waals surface area contributed by atoms with Crippen LogP contribution in [0.15, 0.2) is 121 Å². The molecule has 5 aromatic rings. The summed E-state index contributed by atoms with van der Waals surface area (Å²) in [5, 5.41) is 0. The largest absolute Gasteiger partial charge is 0.493 e. The summed E-state index contributed by atoms with van der Waals surface area (Å²) < 4.78 is 13.7. The second-order valence-corrected chi connectivity index (χ2v) is 16.2. The van der Waals surface area contributed by atoms with Gasteiger partial charge in [0.05, 0.1) is 13.2 Å². The first-order chi connectivity index (χ1) is 28.6. The van der Waals surface area contributed by atoms with E-state index in [-0.39, 0.29) is 0 Å². The van der Waals surface area contributed by atoms with Crippen molar-refractivity contribution in [1.82, 2.24) is 0 Å². The molecule has 5 aromatic carbocycles. The van der Waals surface area contributed by atoms with Crippen LogP contribution in [0.25, 0.3) is 23.3 Å². The monoisotopic (exact) mass is 775 g/mol. The fraction of sp³-hybridized carbons (Fsp3) is 0.393. The Kier molecular flexibility index (Phi) is 19.5. The summed E-state index contributed by atoms with van der Waals surface area (Å²) in [7, 11) is 0. The van der Waals surface area contributed by atoms with Gasteiger partial charge in [-0.05, 0) is 84.4 Å². The normalized spacial score (nSPS) is 11.9. The molecule has 0 aliphatic carbocycles. The lowest BCUT2D eigenvalue weighted by atomic mass is 9.93. The smallest absolute Gasteiger partial charge is 0.127 e. The molecular formula is C56H70O2. The highest BCUT2D eigenvalue weighted by Crippen LogP contribution is 2.38. The molecule has 0 unspecified atom stereocenters. The van der Waals surface area contributed by atoms with Gasteiger partial charge in [0.25, 0.3) is 0 Å². The third kappa shape index (κ3) is 14.8. The van der Waals surface area contributed by atoms with E-state index < -0.39 is 0 Å². The Bertz CT molecular complexity index is 1790. The lowest BCUT2D eigenvalue weighted by Crippen LogP contribution is -2.03. The molecule has 0 amide bonds. The van der Waals surface area contributed by atoms with Crippen LogP contribution in [0.3, 0.4) is 0 Å². The summed E-state index contributed by atoms with van der Waals surface area (Å²) in [5.74, 6) is 1.79. The van der Waals surface area contributed by atoms with Crippen molar-refractivity contribution >= 4 is 23.3 Å². The van der Waals surface area contributed by atoms with Crippen LogP contribution in [0.1, 0.15) is 161 Å². The molecule has 5 rings (SSSR count). The summed E-state index contributed by atoms with van der Waals surface area (Å²) in [5.41, 5.74) is 11.6. The third-order valence-corrected chi connectivity index (χ3v) is 11.1. The molecule has 0 saturated carbocycles. The molecule has 2 nitrogen and oxygen atoms in total. The van der Waals surface area contributed by atoms with Gasteiger partial charge in [0.2, 0.25) is 0 Å². The van der Waals surface area contributed by atoms with Crippen LogP contribution in [-0.4, -0.2) is 13.2 Å². The molecule has 0 aromatic heterocycles. The average Bonchev–Trinajstić information content (AvgIpc) is 3.25. The van der Waals surface area contributed by atoms with Gasteiger partial charge >= 0.3 is 0 Å². The van der Waals surface area contributed by atoms with E-state index >= 15 is 0 Å². The van der Waals surface area contributed by atoms with E-state index in [1.807, 2.05) is 0 Å². The van der Waals surface area contributed by atoms with Crippen molar-refractivity contribution in [1.29, 1.82) is 0 Å². The van der Waals surface area contributed by atoms with E-state index in [0.717, 1.165) is 35.5 Å². The Balaban J connectivity index is 1.56. The highest BCUT2D eigenvalue weighted by molar-refractivity contribution is 5.95. The van der Waals surface area contributed by atoms with Crippen molar-refractivity contribution in [3.05, 3.63) is 166 Å². The Morgan fingerprint density at radius 2 is 0.690 bits per heavy atom. The average molecular weight is 775 g/mol. The Hall–Kier alpha value is -4.82. The Labute approximate surface area is 352 Å². The highest BCUT2D eigenvalue weighted by Gasteiger charge is 2.16. The zero-order valence-electron chi connectivity index (χ0n) is 36.2. The van der Waals surface area contributed by atoms with E-state index in [1.165, 1.54) is 134 Å². The van der Waals surface area contributed by atoms with Gasteiger partial charge in [-0.25, -0.2) is 0 Å². The van der Waals surface area contributed by atoms with Crippen LogP contribution in [0.2, 0.25) is 0 Å². The maximum atomic E-state index is 6.85. The van der Waals surface area contributed by atoms with Crippen molar-refractivity contribution in [2.75, 3.05) is 13.2 Å². The van der Waals surface area contributed by atoms with Gasteiger partial charge in [-0.15, -0.1) is 0 Å². The van der Waals surface area contributed by atoms with Crippen LogP contribution < -0.4 is 9.47 Å². The van der Waals surface area contributed by atoms with Crippen molar-refractivity contribution in [2.45, 2.75) is 130 Å². The molecule has 2 heteroatoms. The van der Waals surface area contributed by atoms with Crippen molar-refractivity contribution in [3.8, 4) is 11.5 Å². The van der Waals surface area contributed by atoms with Gasteiger partial charge < -0.3 is 9.47 Å². The predicted molar refractivity (Wildman–Crippen MR) is 252 cm³/mol. The predicted octanol–water partition coefficient (Wildman–Crippen LogP) is 16.5. The van der Waals surface area contributed by atoms with Crippen LogP contribution in [-0.2, 0) is 0 Å². The minimum atomic E-state index is 0.687. The first-order valence-electron chi connectivity index (χ1n) is 22.7. The zero-order valence-corrected chi connectivity index (χ0v) is 36.2. The lowest BCUT2D eigenvalue weighted by Gasteiger charge is -2.18. The van der Waals surface area contributed by atoms with E-state index in [9.17, 15) is 0 Å². The summed E-state index contributed by atoms with van der Waals surface area (Å²) >= 11 is 0. The van der Waals surface area contributed by atoms with Gasteiger partial charge in [0.1, 0.15) is 11.5 Å². The summed E-state index contributed by atoms with van der Waals surface area (Å²) in [6.45, 7) is 10.2. The number of hydrogen-bond acceptors (Lipinski definition) is 2.